The Bertz CT molecular complexity index is 446. The molecule has 1 aromatic carbocycles. The van der Waals surface area contributed by atoms with Crippen molar-refractivity contribution in [2.45, 2.75) is 52.5 Å². The molecule has 0 aliphatic carbocycles. The summed E-state index contributed by atoms with van der Waals surface area (Å²) in [5.74, 6) is 0.703. The monoisotopic (exact) mass is 292 g/mol. The predicted molar refractivity (Wildman–Crippen MR) is 88.0 cm³/mol. The van der Waals surface area contributed by atoms with E-state index in [-0.39, 0.29) is 11.8 Å². The minimum atomic E-state index is -0.191. The summed E-state index contributed by atoms with van der Waals surface area (Å²) in [5.41, 5.74) is 7.04. The van der Waals surface area contributed by atoms with Gasteiger partial charge in [0, 0.05) is 5.56 Å². The van der Waals surface area contributed by atoms with Gasteiger partial charge in [-0.1, -0.05) is 26.2 Å². The first-order chi connectivity index (χ1) is 10.1. The van der Waals surface area contributed by atoms with Crippen LogP contribution in [-0.4, -0.2) is 25.0 Å². The lowest BCUT2D eigenvalue weighted by molar-refractivity contribution is 0.0951. The van der Waals surface area contributed by atoms with E-state index in [1.807, 2.05) is 13.8 Å². The van der Waals surface area contributed by atoms with E-state index in [2.05, 4.69) is 12.2 Å². The van der Waals surface area contributed by atoms with E-state index >= 15 is 0 Å². The van der Waals surface area contributed by atoms with Crippen LogP contribution in [0.1, 0.15) is 56.8 Å². The lowest BCUT2D eigenvalue weighted by Gasteiger charge is -2.14. The topological polar surface area (TPSA) is 64.3 Å². The zero-order valence-electron chi connectivity index (χ0n) is 13.4. The Morgan fingerprint density at radius 3 is 2.67 bits per heavy atom. The molecule has 4 heteroatoms. The lowest BCUT2D eigenvalue weighted by atomic mass is 10.0. The highest BCUT2D eigenvalue weighted by Gasteiger charge is 2.15. The van der Waals surface area contributed by atoms with E-state index in [1.165, 1.54) is 19.3 Å². The largest absolute Gasteiger partial charge is 0.492 e. The van der Waals surface area contributed by atoms with Crippen molar-refractivity contribution < 1.29 is 9.53 Å². The number of rotatable bonds is 10. The molecule has 0 heterocycles. The maximum absolute atomic E-state index is 12.3. The molecule has 118 valence electrons. The minimum Gasteiger partial charge on any atom is -0.492 e. The Hall–Kier alpha value is -1.55. The number of Topliss-reactive ketones (excluding diaryl/α,β-unsaturated/α-hetero) is 1. The quantitative estimate of drug-likeness (QED) is 0.394. The Morgan fingerprint density at radius 2 is 2.05 bits per heavy atom. The average molecular weight is 292 g/mol. The van der Waals surface area contributed by atoms with E-state index in [1.54, 1.807) is 18.2 Å². The van der Waals surface area contributed by atoms with Crippen molar-refractivity contribution in [2.75, 3.05) is 18.9 Å². The molecule has 1 rings (SSSR count). The molecular formula is C17H28N2O2. The highest BCUT2D eigenvalue weighted by atomic mass is 16.5. The number of carbonyl (C=O) groups excluding carboxylic acids is 1. The summed E-state index contributed by atoms with van der Waals surface area (Å²) in [6.45, 7) is 7.43. The molecule has 0 spiro atoms. The number of ketones is 1. The fourth-order valence-electron chi connectivity index (χ4n) is 2.20. The average Bonchev–Trinajstić information content (AvgIpc) is 2.48. The number of nitrogen functional groups attached to an aromatic ring is 1. The van der Waals surface area contributed by atoms with E-state index < -0.39 is 0 Å². The fourth-order valence-corrected chi connectivity index (χ4v) is 2.20. The number of nitrogens with two attached hydrogens (primary N) is 1. The molecule has 0 aromatic heterocycles. The number of carbonyl (C=O) groups is 1. The van der Waals surface area contributed by atoms with Crippen LogP contribution in [0.3, 0.4) is 0 Å². The summed E-state index contributed by atoms with van der Waals surface area (Å²) in [7, 11) is 0. The fraction of sp³-hybridized carbons (Fsp3) is 0.588. The molecular weight excluding hydrogens is 264 g/mol. The first-order valence-corrected chi connectivity index (χ1v) is 7.90. The molecule has 0 bridgehead atoms. The first kappa shape index (κ1) is 17.5. The van der Waals surface area contributed by atoms with Crippen LogP contribution < -0.4 is 15.8 Å². The lowest BCUT2D eigenvalue weighted by Crippen LogP contribution is -2.34. The molecule has 0 saturated carbocycles. The number of hydrogen-bond donors (Lipinski definition) is 2. The smallest absolute Gasteiger partial charge is 0.179 e. The van der Waals surface area contributed by atoms with Crippen LogP contribution in [-0.2, 0) is 0 Å². The van der Waals surface area contributed by atoms with Crippen LogP contribution in [0.4, 0.5) is 5.69 Å². The Kier molecular flexibility index (Phi) is 7.83. The van der Waals surface area contributed by atoms with Crippen molar-refractivity contribution in [1.29, 1.82) is 0 Å². The van der Waals surface area contributed by atoms with Gasteiger partial charge in [-0.05, 0) is 45.0 Å². The first-order valence-electron chi connectivity index (χ1n) is 7.90. The number of hydrogen-bond acceptors (Lipinski definition) is 4. The van der Waals surface area contributed by atoms with Gasteiger partial charge in [-0.25, -0.2) is 0 Å². The highest BCUT2D eigenvalue weighted by Crippen LogP contribution is 2.23. The standard InChI is InChI=1S/C17H28N2O2/c1-4-6-7-8-11-19-13(3)17(20)14-9-10-16(21-5-2)15(18)12-14/h9-10,12-13,19H,4-8,11,18H2,1-3H3. The number of nitrogens with one attached hydrogen (secondary N) is 1. The van der Waals surface area contributed by atoms with Gasteiger partial charge in [0.25, 0.3) is 0 Å². The summed E-state index contributed by atoms with van der Waals surface area (Å²) >= 11 is 0. The molecule has 21 heavy (non-hydrogen) atoms. The zero-order chi connectivity index (χ0) is 15.7. The van der Waals surface area contributed by atoms with Crippen LogP contribution in [0.25, 0.3) is 0 Å². The third-order valence-corrected chi connectivity index (χ3v) is 3.47. The van der Waals surface area contributed by atoms with Crippen LogP contribution in [0.2, 0.25) is 0 Å². The Labute approximate surface area is 128 Å². The van der Waals surface area contributed by atoms with Crippen molar-refractivity contribution in [3.63, 3.8) is 0 Å². The second-order valence-electron chi connectivity index (χ2n) is 5.29. The van der Waals surface area contributed by atoms with Gasteiger partial charge < -0.3 is 15.8 Å². The Balaban J connectivity index is 2.52. The van der Waals surface area contributed by atoms with Gasteiger partial charge in [-0.3, -0.25) is 4.79 Å². The molecule has 0 fully saturated rings. The molecule has 0 saturated heterocycles. The van der Waals surface area contributed by atoms with E-state index in [0.717, 1.165) is 13.0 Å². The van der Waals surface area contributed by atoms with E-state index in [0.29, 0.717) is 23.6 Å². The highest BCUT2D eigenvalue weighted by molar-refractivity contribution is 6.00. The van der Waals surface area contributed by atoms with Gasteiger partial charge in [-0.15, -0.1) is 0 Å². The van der Waals surface area contributed by atoms with Gasteiger partial charge in [-0.2, -0.15) is 0 Å². The molecule has 0 amide bonds. The van der Waals surface area contributed by atoms with Gasteiger partial charge in [0.05, 0.1) is 18.3 Å². The van der Waals surface area contributed by atoms with Crippen molar-refractivity contribution >= 4 is 11.5 Å². The third-order valence-electron chi connectivity index (χ3n) is 3.47. The van der Waals surface area contributed by atoms with Gasteiger partial charge in [0.1, 0.15) is 5.75 Å². The van der Waals surface area contributed by atoms with Crippen LogP contribution in [0.15, 0.2) is 18.2 Å². The summed E-state index contributed by atoms with van der Waals surface area (Å²) < 4.78 is 5.38. The normalized spacial score (nSPS) is 12.1. The second-order valence-corrected chi connectivity index (χ2v) is 5.29. The molecule has 1 aromatic rings. The molecule has 0 radical (unpaired) electrons. The molecule has 0 aliphatic rings. The second kappa shape index (κ2) is 9.40. The van der Waals surface area contributed by atoms with Crippen molar-refractivity contribution in [1.82, 2.24) is 5.32 Å². The van der Waals surface area contributed by atoms with Gasteiger partial charge >= 0.3 is 0 Å². The zero-order valence-corrected chi connectivity index (χ0v) is 13.4. The van der Waals surface area contributed by atoms with Crippen LogP contribution in [0.5, 0.6) is 5.75 Å². The molecule has 3 N–H and O–H groups in total. The van der Waals surface area contributed by atoms with Gasteiger partial charge in [0.2, 0.25) is 0 Å². The van der Waals surface area contributed by atoms with E-state index in [9.17, 15) is 4.79 Å². The van der Waals surface area contributed by atoms with Crippen LogP contribution in [0, 0.1) is 0 Å². The minimum absolute atomic E-state index is 0.0697. The van der Waals surface area contributed by atoms with Crippen molar-refractivity contribution in [2.24, 2.45) is 0 Å². The summed E-state index contributed by atoms with van der Waals surface area (Å²) in [4.78, 5) is 12.3. The SMILES string of the molecule is CCCCCCNC(C)C(=O)c1ccc(OCC)c(N)c1. The third kappa shape index (κ3) is 5.76. The maximum Gasteiger partial charge on any atom is 0.179 e. The molecule has 4 nitrogen and oxygen atoms in total. The number of anilines is 1. The summed E-state index contributed by atoms with van der Waals surface area (Å²) in [5, 5.41) is 3.28. The molecule has 1 atom stereocenters. The van der Waals surface area contributed by atoms with Crippen LogP contribution >= 0.6 is 0 Å². The number of ether oxygens (including phenoxy) is 1. The number of benzene rings is 1. The van der Waals surface area contributed by atoms with E-state index in [4.69, 9.17) is 10.5 Å². The van der Waals surface area contributed by atoms with Crippen molar-refractivity contribution in [3.05, 3.63) is 23.8 Å². The summed E-state index contributed by atoms with van der Waals surface area (Å²) in [6, 6.07) is 5.05. The predicted octanol–water partition coefficient (Wildman–Crippen LogP) is 3.41. The maximum atomic E-state index is 12.3. The number of unbranched alkanes of at least 4 members (excludes halogenated alkanes) is 3. The van der Waals surface area contributed by atoms with Crippen molar-refractivity contribution in [3.8, 4) is 5.75 Å². The molecule has 0 aliphatic heterocycles. The Morgan fingerprint density at radius 1 is 1.29 bits per heavy atom. The summed E-state index contributed by atoms with van der Waals surface area (Å²) in [6.07, 6.45) is 4.79. The molecule has 1 unspecified atom stereocenters. The van der Waals surface area contributed by atoms with Gasteiger partial charge in [0.15, 0.2) is 5.78 Å².